The maximum absolute atomic E-state index is 12.4. The Morgan fingerprint density at radius 2 is 1.74 bits per heavy atom. The van der Waals surface area contributed by atoms with E-state index in [1.807, 2.05) is 0 Å². The number of hydrogen-bond donors (Lipinski definition) is 1. The number of benzene rings is 1. The maximum Gasteiger partial charge on any atom is 0.534 e. The molecule has 12 heteroatoms. The van der Waals surface area contributed by atoms with Crippen molar-refractivity contribution in [1.29, 1.82) is 0 Å². The van der Waals surface area contributed by atoms with Crippen LogP contribution in [0.2, 0.25) is 0 Å². The number of nitrogens with one attached hydrogen (secondary N) is 1. The molecule has 1 aliphatic heterocycles. The quantitative estimate of drug-likeness (QED) is 0.547. The zero-order valence-electron chi connectivity index (χ0n) is 14.6. The van der Waals surface area contributed by atoms with Crippen LogP contribution in [-0.4, -0.2) is 46.8 Å². The van der Waals surface area contributed by atoms with Crippen LogP contribution in [0, 0.1) is 0 Å². The van der Waals surface area contributed by atoms with Gasteiger partial charge in [0.25, 0.3) is 0 Å². The van der Waals surface area contributed by atoms with Crippen molar-refractivity contribution in [3.8, 4) is 5.75 Å². The van der Waals surface area contributed by atoms with Crippen LogP contribution < -0.4 is 8.91 Å². The lowest BCUT2D eigenvalue weighted by Gasteiger charge is -2.32. The Kier molecular flexibility index (Phi) is 6.44. The zero-order chi connectivity index (χ0) is 20.5. The van der Waals surface area contributed by atoms with Gasteiger partial charge < -0.3 is 8.92 Å². The SMILES string of the molecule is CC(C)S(=O)(=O)NC1COCCC1c1ccc(OS(=O)(=O)C(F)(F)F)cc1. The van der Waals surface area contributed by atoms with Crippen molar-refractivity contribution in [1.82, 2.24) is 4.72 Å². The molecule has 154 valence electrons. The van der Waals surface area contributed by atoms with Crippen LogP contribution in [0.5, 0.6) is 5.75 Å². The second-order valence-electron chi connectivity index (χ2n) is 6.34. The minimum Gasteiger partial charge on any atom is -0.380 e. The van der Waals surface area contributed by atoms with E-state index in [1.54, 1.807) is 0 Å². The van der Waals surface area contributed by atoms with E-state index in [9.17, 15) is 30.0 Å². The third kappa shape index (κ3) is 5.33. The van der Waals surface area contributed by atoms with Crippen LogP contribution in [0.15, 0.2) is 24.3 Å². The van der Waals surface area contributed by atoms with Crippen molar-refractivity contribution in [2.75, 3.05) is 13.2 Å². The number of halogens is 3. The van der Waals surface area contributed by atoms with Gasteiger partial charge in [0.2, 0.25) is 10.0 Å². The minimum atomic E-state index is -5.74. The molecule has 0 aromatic heterocycles. The molecule has 0 saturated carbocycles. The molecule has 0 radical (unpaired) electrons. The van der Waals surface area contributed by atoms with E-state index in [0.29, 0.717) is 18.6 Å². The first kappa shape index (κ1) is 21.9. The van der Waals surface area contributed by atoms with Crippen molar-refractivity contribution >= 4 is 20.1 Å². The van der Waals surface area contributed by atoms with Gasteiger partial charge in [-0.2, -0.15) is 21.6 Å². The molecule has 1 saturated heterocycles. The third-order valence-corrected chi connectivity index (χ3v) is 6.94. The largest absolute Gasteiger partial charge is 0.534 e. The molecule has 0 aliphatic carbocycles. The van der Waals surface area contributed by atoms with Gasteiger partial charge in [-0.25, -0.2) is 13.1 Å². The smallest absolute Gasteiger partial charge is 0.380 e. The Morgan fingerprint density at radius 3 is 2.26 bits per heavy atom. The highest BCUT2D eigenvalue weighted by atomic mass is 32.2. The number of hydrogen-bond acceptors (Lipinski definition) is 6. The molecular formula is C15H20F3NO6S2. The number of ether oxygens (including phenoxy) is 1. The Morgan fingerprint density at radius 1 is 1.15 bits per heavy atom. The molecule has 0 spiro atoms. The van der Waals surface area contributed by atoms with Crippen molar-refractivity contribution in [3.05, 3.63) is 29.8 Å². The third-order valence-electron chi connectivity index (χ3n) is 4.09. The highest BCUT2D eigenvalue weighted by Gasteiger charge is 2.48. The van der Waals surface area contributed by atoms with E-state index in [2.05, 4.69) is 8.91 Å². The fourth-order valence-electron chi connectivity index (χ4n) is 2.54. The average molecular weight is 431 g/mol. The fraction of sp³-hybridized carbons (Fsp3) is 0.600. The summed E-state index contributed by atoms with van der Waals surface area (Å²) in [6.07, 6.45) is 0.492. The lowest BCUT2D eigenvalue weighted by molar-refractivity contribution is -0.0500. The van der Waals surface area contributed by atoms with Crippen LogP contribution in [-0.2, 0) is 24.9 Å². The number of sulfonamides is 1. The predicted octanol–water partition coefficient (Wildman–Crippen LogP) is 2.12. The molecule has 1 aliphatic rings. The Balaban J connectivity index is 2.19. The van der Waals surface area contributed by atoms with Crippen molar-refractivity contribution in [2.45, 2.75) is 43.0 Å². The summed E-state index contributed by atoms with van der Waals surface area (Å²) in [4.78, 5) is 0. The Labute approximate surface area is 156 Å². The highest BCUT2D eigenvalue weighted by molar-refractivity contribution is 7.90. The van der Waals surface area contributed by atoms with Gasteiger partial charge in [-0.05, 0) is 38.0 Å². The van der Waals surface area contributed by atoms with Gasteiger partial charge in [-0.1, -0.05) is 12.1 Å². The van der Waals surface area contributed by atoms with E-state index in [4.69, 9.17) is 4.74 Å². The minimum absolute atomic E-state index is 0.150. The molecule has 0 amide bonds. The lowest BCUT2D eigenvalue weighted by atomic mass is 9.88. The first-order valence-electron chi connectivity index (χ1n) is 8.03. The average Bonchev–Trinajstić information content (AvgIpc) is 2.54. The first-order chi connectivity index (χ1) is 12.3. The van der Waals surface area contributed by atoms with E-state index in [1.165, 1.54) is 26.0 Å². The monoisotopic (exact) mass is 431 g/mol. The van der Waals surface area contributed by atoms with Crippen molar-refractivity contribution < 1.29 is 38.9 Å². The Bertz CT molecular complexity index is 851. The first-order valence-corrected chi connectivity index (χ1v) is 11.0. The van der Waals surface area contributed by atoms with E-state index in [0.717, 1.165) is 12.1 Å². The molecular weight excluding hydrogens is 411 g/mol. The van der Waals surface area contributed by atoms with E-state index >= 15 is 0 Å². The fourth-order valence-corrected chi connectivity index (χ4v) is 3.93. The zero-order valence-corrected chi connectivity index (χ0v) is 16.2. The summed E-state index contributed by atoms with van der Waals surface area (Å²) < 4.78 is 95.4. The summed E-state index contributed by atoms with van der Waals surface area (Å²) in [6, 6.07) is 4.48. The van der Waals surface area contributed by atoms with Crippen LogP contribution in [0.1, 0.15) is 31.7 Å². The van der Waals surface area contributed by atoms with Crippen LogP contribution in [0.3, 0.4) is 0 Å². The van der Waals surface area contributed by atoms with Crippen molar-refractivity contribution in [2.24, 2.45) is 0 Å². The maximum atomic E-state index is 12.4. The molecule has 1 aromatic rings. The highest BCUT2D eigenvalue weighted by Crippen LogP contribution is 2.31. The summed E-state index contributed by atoms with van der Waals surface area (Å²) in [6.45, 7) is 3.62. The second-order valence-corrected chi connectivity index (χ2v) is 10.1. The number of rotatable bonds is 6. The van der Waals surface area contributed by atoms with E-state index < -0.39 is 42.7 Å². The number of alkyl halides is 3. The van der Waals surface area contributed by atoms with Gasteiger partial charge in [0.05, 0.1) is 17.9 Å². The summed E-state index contributed by atoms with van der Waals surface area (Å²) in [5.41, 5.74) is -4.89. The molecule has 7 nitrogen and oxygen atoms in total. The van der Waals surface area contributed by atoms with Crippen LogP contribution >= 0.6 is 0 Å². The van der Waals surface area contributed by atoms with Gasteiger partial charge in [0, 0.05) is 12.5 Å². The van der Waals surface area contributed by atoms with Gasteiger partial charge >= 0.3 is 15.6 Å². The summed E-state index contributed by atoms with van der Waals surface area (Å²) >= 11 is 0. The molecule has 1 aromatic carbocycles. The lowest BCUT2D eigenvalue weighted by Crippen LogP contribution is -2.47. The molecule has 1 N–H and O–H groups in total. The second kappa shape index (κ2) is 7.94. The molecule has 2 atom stereocenters. The van der Waals surface area contributed by atoms with E-state index in [-0.39, 0.29) is 12.5 Å². The van der Waals surface area contributed by atoms with Gasteiger partial charge in [-0.15, -0.1) is 0 Å². The molecule has 2 rings (SSSR count). The van der Waals surface area contributed by atoms with Crippen LogP contribution in [0.4, 0.5) is 13.2 Å². The van der Waals surface area contributed by atoms with Gasteiger partial charge in [0.1, 0.15) is 5.75 Å². The molecule has 1 fully saturated rings. The molecule has 2 unspecified atom stereocenters. The summed E-state index contributed by atoms with van der Waals surface area (Å²) in [5.74, 6) is -0.761. The summed E-state index contributed by atoms with van der Waals surface area (Å²) in [7, 11) is -9.29. The molecule has 1 heterocycles. The normalized spacial score (nSPS) is 22.0. The predicted molar refractivity (Wildman–Crippen MR) is 91.2 cm³/mol. The standard InChI is InChI=1S/C15H20F3NO6S2/c1-10(2)26(20,21)19-14-9-24-8-7-13(14)11-3-5-12(6-4-11)25-27(22,23)15(16,17)18/h3-6,10,13-14,19H,7-9H2,1-2H3. The molecule has 27 heavy (non-hydrogen) atoms. The van der Waals surface area contributed by atoms with Crippen LogP contribution in [0.25, 0.3) is 0 Å². The van der Waals surface area contributed by atoms with Crippen molar-refractivity contribution in [3.63, 3.8) is 0 Å². The summed E-state index contributed by atoms with van der Waals surface area (Å²) in [5, 5.41) is -0.636. The molecule has 0 bridgehead atoms. The Hall–Kier alpha value is -1.37. The van der Waals surface area contributed by atoms with Gasteiger partial charge in [0.15, 0.2) is 0 Å². The van der Waals surface area contributed by atoms with Gasteiger partial charge in [-0.3, -0.25) is 0 Å². The topological polar surface area (TPSA) is 98.8 Å².